The molecule has 1 aliphatic rings. The Morgan fingerprint density at radius 2 is 2.07 bits per heavy atom. The second-order valence-electron chi connectivity index (χ2n) is 7.65. The van der Waals surface area contributed by atoms with Gasteiger partial charge < -0.3 is 26.0 Å². The third-order valence-corrected chi connectivity index (χ3v) is 5.15. The monoisotopic (exact) mass is 411 g/mol. The molecular weight excluding hydrogens is 382 g/mol. The number of nitrogens with zero attached hydrogens (tertiary/aromatic N) is 6. The number of hydrogen-bond donors (Lipinski definition) is 3. The normalized spacial score (nSPS) is 15.5. The quantitative estimate of drug-likeness (QED) is 0.507. The van der Waals surface area contributed by atoms with Crippen molar-refractivity contribution in [2.24, 2.45) is 0 Å². The van der Waals surface area contributed by atoms with Crippen LogP contribution < -0.4 is 26.0 Å². The summed E-state index contributed by atoms with van der Waals surface area (Å²) in [4.78, 5) is 15.7. The Morgan fingerprint density at radius 1 is 1.27 bits per heavy atom. The molecule has 3 aromatic heterocycles. The summed E-state index contributed by atoms with van der Waals surface area (Å²) < 4.78 is 7.50. The Morgan fingerprint density at radius 3 is 2.80 bits per heavy atom. The molecule has 1 unspecified atom stereocenters. The highest BCUT2D eigenvalue weighted by atomic mass is 16.5. The Labute approximate surface area is 175 Å². The number of nitrogens with one attached hydrogen (secondary N) is 2. The maximum absolute atomic E-state index is 6.09. The van der Waals surface area contributed by atoms with Crippen LogP contribution in [0, 0.1) is 6.92 Å². The third-order valence-electron chi connectivity index (χ3n) is 5.15. The fourth-order valence-corrected chi connectivity index (χ4v) is 3.75. The summed E-state index contributed by atoms with van der Waals surface area (Å²) in [5, 5.41) is 10.9. The van der Waals surface area contributed by atoms with Gasteiger partial charge in [-0.2, -0.15) is 4.98 Å². The van der Waals surface area contributed by atoms with E-state index in [9.17, 15) is 0 Å². The van der Waals surface area contributed by atoms with Crippen molar-refractivity contribution in [2.45, 2.75) is 26.4 Å². The molecule has 4 rings (SSSR count). The molecule has 0 aromatic carbocycles. The minimum absolute atomic E-state index is 0.0804. The van der Waals surface area contributed by atoms with Crippen molar-refractivity contribution in [1.29, 1.82) is 0 Å². The Balaban J connectivity index is 1.57. The highest BCUT2D eigenvalue weighted by molar-refractivity contribution is 5.60. The maximum atomic E-state index is 6.09. The number of nitrogens with two attached hydrogens (primary N) is 1. The maximum Gasteiger partial charge on any atom is 0.336 e. The number of aromatic nitrogens is 5. The fourth-order valence-electron chi connectivity index (χ4n) is 3.75. The molecule has 1 saturated heterocycles. The van der Waals surface area contributed by atoms with E-state index in [-0.39, 0.29) is 12.1 Å². The smallest absolute Gasteiger partial charge is 0.336 e. The molecule has 0 bridgehead atoms. The summed E-state index contributed by atoms with van der Waals surface area (Å²) in [6, 6.07) is 2.42. The van der Waals surface area contributed by atoms with Gasteiger partial charge in [-0.25, -0.2) is 14.5 Å². The molecule has 10 heteroatoms. The summed E-state index contributed by atoms with van der Waals surface area (Å²) in [7, 11) is 1.87. The highest BCUT2D eigenvalue weighted by Crippen LogP contribution is 2.21. The molecule has 0 aliphatic carbocycles. The van der Waals surface area contributed by atoms with Gasteiger partial charge in [0.1, 0.15) is 11.9 Å². The van der Waals surface area contributed by atoms with Crippen molar-refractivity contribution in [1.82, 2.24) is 35.2 Å². The van der Waals surface area contributed by atoms with Crippen molar-refractivity contribution in [2.75, 3.05) is 50.4 Å². The lowest BCUT2D eigenvalue weighted by atomic mass is 10.1. The lowest BCUT2D eigenvalue weighted by molar-refractivity contribution is 0.199. The van der Waals surface area contributed by atoms with Crippen LogP contribution in [-0.4, -0.2) is 70.4 Å². The standard InChI is InChI=1S/C20H29N9O/c1-13-8-15(11-24-18(13)28-6-4-23-5-7-28)9-16-12-25-19-17(21)26-20(27-29(16)19)30-14(2)10-22-3/h8,11-12,14,22-23H,4-7,9-10H2,1-3H3,(H2,21,26,27). The lowest BCUT2D eigenvalue weighted by Crippen LogP contribution is -2.44. The van der Waals surface area contributed by atoms with Gasteiger partial charge in [0, 0.05) is 45.3 Å². The molecule has 1 fully saturated rings. The van der Waals surface area contributed by atoms with Gasteiger partial charge >= 0.3 is 6.01 Å². The summed E-state index contributed by atoms with van der Waals surface area (Å²) in [5.74, 6) is 1.35. The van der Waals surface area contributed by atoms with Crippen molar-refractivity contribution < 1.29 is 4.74 Å². The average Bonchev–Trinajstić information content (AvgIpc) is 3.12. The molecule has 1 atom stereocenters. The zero-order chi connectivity index (χ0) is 21.1. The van der Waals surface area contributed by atoms with E-state index in [1.165, 1.54) is 5.56 Å². The Bertz CT molecular complexity index is 1010. The van der Waals surface area contributed by atoms with Crippen LogP contribution in [0.15, 0.2) is 18.5 Å². The third kappa shape index (κ3) is 4.29. The number of nitrogen functional groups attached to an aromatic ring is 1. The first kappa shape index (κ1) is 20.3. The summed E-state index contributed by atoms with van der Waals surface area (Å²) in [6.07, 6.45) is 4.27. The van der Waals surface area contributed by atoms with E-state index in [0.29, 0.717) is 24.4 Å². The van der Waals surface area contributed by atoms with E-state index in [1.807, 2.05) is 20.2 Å². The van der Waals surface area contributed by atoms with Crippen LogP contribution in [0.1, 0.15) is 23.7 Å². The molecule has 0 radical (unpaired) electrons. The number of pyridine rings is 1. The first-order valence-electron chi connectivity index (χ1n) is 10.3. The van der Waals surface area contributed by atoms with Gasteiger partial charge in [0.15, 0.2) is 11.5 Å². The number of imidazole rings is 1. The molecule has 0 amide bonds. The number of ether oxygens (including phenoxy) is 1. The van der Waals surface area contributed by atoms with Crippen LogP contribution in [0.4, 0.5) is 11.6 Å². The number of rotatable bonds is 7. The number of likely N-dealkylation sites (N-methyl/N-ethyl adjacent to an activating group) is 1. The van der Waals surface area contributed by atoms with Crippen LogP contribution in [-0.2, 0) is 6.42 Å². The van der Waals surface area contributed by atoms with Crippen molar-refractivity contribution in [3.63, 3.8) is 0 Å². The van der Waals surface area contributed by atoms with Crippen LogP contribution in [0.2, 0.25) is 0 Å². The summed E-state index contributed by atoms with van der Waals surface area (Å²) in [6.45, 7) is 8.67. The first-order chi connectivity index (χ1) is 14.5. The number of fused-ring (bicyclic) bond motifs is 1. The van der Waals surface area contributed by atoms with Gasteiger partial charge in [-0.05, 0) is 32.0 Å². The van der Waals surface area contributed by atoms with E-state index in [1.54, 1.807) is 10.7 Å². The Hall–Kier alpha value is -2.98. The van der Waals surface area contributed by atoms with E-state index in [0.717, 1.165) is 43.3 Å². The number of piperazine rings is 1. The number of anilines is 2. The van der Waals surface area contributed by atoms with Gasteiger partial charge in [-0.3, -0.25) is 0 Å². The van der Waals surface area contributed by atoms with Gasteiger partial charge in [0.2, 0.25) is 0 Å². The lowest BCUT2D eigenvalue weighted by Gasteiger charge is -2.29. The molecule has 1 aliphatic heterocycles. The summed E-state index contributed by atoms with van der Waals surface area (Å²) >= 11 is 0. The molecule has 4 N–H and O–H groups in total. The largest absolute Gasteiger partial charge is 0.458 e. The molecule has 4 heterocycles. The van der Waals surface area contributed by atoms with E-state index >= 15 is 0 Å². The van der Waals surface area contributed by atoms with Gasteiger partial charge in [-0.15, -0.1) is 5.10 Å². The predicted molar refractivity (Wildman–Crippen MR) is 116 cm³/mol. The van der Waals surface area contributed by atoms with E-state index in [2.05, 4.69) is 43.6 Å². The van der Waals surface area contributed by atoms with Crippen LogP contribution >= 0.6 is 0 Å². The van der Waals surface area contributed by atoms with Crippen molar-refractivity contribution in [3.8, 4) is 6.01 Å². The van der Waals surface area contributed by atoms with E-state index < -0.39 is 0 Å². The molecule has 0 saturated carbocycles. The zero-order valence-electron chi connectivity index (χ0n) is 17.7. The molecular formula is C20H29N9O. The zero-order valence-corrected chi connectivity index (χ0v) is 17.7. The second kappa shape index (κ2) is 8.80. The molecule has 0 spiro atoms. The van der Waals surface area contributed by atoms with Crippen molar-refractivity contribution in [3.05, 3.63) is 35.3 Å². The average molecular weight is 412 g/mol. The van der Waals surface area contributed by atoms with Gasteiger partial charge in [-0.1, -0.05) is 6.07 Å². The topological polar surface area (TPSA) is 119 Å². The molecule has 10 nitrogen and oxygen atoms in total. The molecule has 30 heavy (non-hydrogen) atoms. The second-order valence-corrected chi connectivity index (χ2v) is 7.65. The Kier molecular flexibility index (Phi) is 5.96. The minimum atomic E-state index is -0.0804. The molecule has 3 aromatic rings. The minimum Gasteiger partial charge on any atom is -0.458 e. The van der Waals surface area contributed by atoms with Crippen LogP contribution in [0.25, 0.3) is 5.65 Å². The summed E-state index contributed by atoms with van der Waals surface area (Å²) in [5.41, 5.74) is 9.78. The predicted octanol–water partition coefficient (Wildman–Crippen LogP) is 0.397. The highest BCUT2D eigenvalue weighted by Gasteiger charge is 2.17. The van der Waals surface area contributed by atoms with Crippen LogP contribution in [0.5, 0.6) is 6.01 Å². The molecule has 160 valence electrons. The van der Waals surface area contributed by atoms with Crippen LogP contribution in [0.3, 0.4) is 0 Å². The van der Waals surface area contributed by atoms with Crippen molar-refractivity contribution >= 4 is 17.3 Å². The van der Waals surface area contributed by atoms with Gasteiger partial charge in [0.05, 0.1) is 11.9 Å². The van der Waals surface area contributed by atoms with Gasteiger partial charge in [0.25, 0.3) is 0 Å². The SMILES string of the molecule is CNCC(C)Oc1nc(N)c2ncc(Cc3cnc(N4CCNCC4)c(C)c3)n2n1. The fraction of sp³-hybridized carbons (Fsp3) is 0.500. The number of hydrogen-bond acceptors (Lipinski definition) is 9. The first-order valence-corrected chi connectivity index (χ1v) is 10.3. The van der Waals surface area contributed by atoms with E-state index in [4.69, 9.17) is 15.5 Å². The number of aryl methyl sites for hydroxylation is 1.